The highest BCUT2D eigenvalue weighted by Crippen LogP contribution is 2.22. The maximum Gasteiger partial charge on any atom is 0.307 e. The summed E-state index contributed by atoms with van der Waals surface area (Å²) in [4.78, 5) is 14.5. The van der Waals surface area contributed by atoms with Gasteiger partial charge in [-0.3, -0.25) is 4.79 Å². The molecule has 1 aromatic rings. The van der Waals surface area contributed by atoms with Crippen LogP contribution in [0.25, 0.3) is 0 Å². The molecule has 1 unspecified atom stereocenters. The van der Waals surface area contributed by atoms with Crippen LogP contribution < -0.4 is 0 Å². The van der Waals surface area contributed by atoms with E-state index in [0.717, 1.165) is 5.56 Å². The van der Waals surface area contributed by atoms with E-state index in [1.807, 2.05) is 0 Å². The van der Waals surface area contributed by atoms with E-state index < -0.39 is 5.97 Å². The van der Waals surface area contributed by atoms with Crippen molar-refractivity contribution in [3.63, 3.8) is 0 Å². The van der Waals surface area contributed by atoms with Gasteiger partial charge in [-0.2, -0.15) is 11.8 Å². The Morgan fingerprint density at radius 1 is 1.56 bits per heavy atom. The minimum Gasteiger partial charge on any atom is -0.481 e. The predicted molar refractivity (Wildman–Crippen MR) is 67.2 cm³/mol. The number of hydrogen-bond donors (Lipinski definition) is 1. The first-order chi connectivity index (χ1) is 7.50. The Morgan fingerprint density at radius 3 is 2.81 bits per heavy atom. The highest BCUT2D eigenvalue weighted by molar-refractivity contribution is 7.98. The average Bonchev–Trinajstić information content (AvgIpc) is 2.20. The maximum atomic E-state index is 10.6. The van der Waals surface area contributed by atoms with Crippen LogP contribution >= 0.6 is 35.0 Å². The largest absolute Gasteiger partial charge is 0.481 e. The number of halogens is 2. The third kappa shape index (κ3) is 4.20. The van der Waals surface area contributed by atoms with Crippen LogP contribution in [0.4, 0.5) is 0 Å². The zero-order valence-electron chi connectivity index (χ0n) is 8.61. The quantitative estimate of drug-likeness (QED) is 0.840. The number of nitrogens with zero attached hydrogens (tertiary/aromatic N) is 1. The number of aliphatic carboxylic acids is 1. The van der Waals surface area contributed by atoms with E-state index in [0.29, 0.717) is 21.8 Å². The van der Waals surface area contributed by atoms with Crippen LogP contribution in [0.2, 0.25) is 10.3 Å². The molecule has 0 aromatic carbocycles. The summed E-state index contributed by atoms with van der Waals surface area (Å²) in [7, 11) is 0. The summed E-state index contributed by atoms with van der Waals surface area (Å²) in [5, 5.41) is 9.44. The van der Waals surface area contributed by atoms with Crippen molar-refractivity contribution in [2.75, 3.05) is 5.75 Å². The summed E-state index contributed by atoms with van der Waals surface area (Å²) in [6.45, 7) is 1.68. The number of rotatable bonds is 5. The van der Waals surface area contributed by atoms with Gasteiger partial charge in [-0.05, 0) is 11.6 Å². The molecule has 0 spiro atoms. The van der Waals surface area contributed by atoms with Gasteiger partial charge in [0.05, 0.1) is 5.92 Å². The Balaban J connectivity index is 2.46. The lowest BCUT2D eigenvalue weighted by atomic mass is 10.2. The molecule has 1 N–H and O–H groups in total. The Labute approximate surface area is 108 Å². The van der Waals surface area contributed by atoms with Gasteiger partial charge in [0, 0.05) is 11.5 Å². The van der Waals surface area contributed by atoms with Crippen LogP contribution in [0, 0.1) is 5.92 Å². The molecule has 0 aliphatic heterocycles. The third-order valence-electron chi connectivity index (χ3n) is 1.94. The van der Waals surface area contributed by atoms with Gasteiger partial charge in [0.1, 0.15) is 10.3 Å². The van der Waals surface area contributed by atoms with E-state index in [4.69, 9.17) is 28.3 Å². The zero-order chi connectivity index (χ0) is 12.1. The number of carboxylic acid groups (broad SMARTS) is 1. The van der Waals surface area contributed by atoms with Crippen LogP contribution in [-0.4, -0.2) is 21.8 Å². The molecule has 1 atom stereocenters. The van der Waals surface area contributed by atoms with Crippen molar-refractivity contribution < 1.29 is 9.90 Å². The smallest absolute Gasteiger partial charge is 0.307 e. The van der Waals surface area contributed by atoms with Gasteiger partial charge in [-0.25, -0.2) is 4.98 Å². The summed E-state index contributed by atoms with van der Waals surface area (Å²) in [6, 6.07) is 3.47. The summed E-state index contributed by atoms with van der Waals surface area (Å²) >= 11 is 13.1. The molecule has 0 bridgehead atoms. The summed E-state index contributed by atoms with van der Waals surface area (Å²) in [6.07, 6.45) is 0. The molecule has 0 radical (unpaired) electrons. The Hall–Kier alpha value is -0.450. The number of pyridine rings is 1. The fourth-order valence-corrected chi connectivity index (χ4v) is 2.52. The monoisotopic (exact) mass is 279 g/mol. The lowest BCUT2D eigenvalue weighted by Gasteiger charge is -2.06. The first-order valence-corrected chi connectivity index (χ1v) is 6.53. The molecule has 1 rings (SSSR count). The number of hydrogen-bond acceptors (Lipinski definition) is 3. The van der Waals surface area contributed by atoms with E-state index in [-0.39, 0.29) is 5.92 Å². The van der Waals surface area contributed by atoms with Crippen molar-refractivity contribution in [3.05, 3.63) is 28.0 Å². The van der Waals surface area contributed by atoms with E-state index in [2.05, 4.69) is 4.98 Å². The van der Waals surface area contributed by atoms with Crippen molar-refractivity contribution in [2.45, 2.75) is 12.7 Å². The lowest BCUT2D eigenvalue weighted by molar-refractivity contribution is -0.140. The predicted octanol–water partition coefficient (Wildman–Crippen LogP) is 3.34. The second kappa shape index (κ2) is 6.33. The van der Waals surface area contributed by atoms with Gasteiger partial charge in [0.15, 0.2) is 0 Å². The first kappa shape index (κ1) is 13.6. The molecule has 0 saturated carbocycles. The molecule has 0 saturated heterocycles. The Morgan fingerprint density at radius 2 is 2.25 bits per heavy atom. The topological polar surface area (TPSA) is 50.2 Å². The van der Waals surface area contributed by atoms with Gasteiger partial charge in [0.2, 0.25) is 0 Å². The fraction of sp³-hybridized carbons (Fsp3) is 0.400. The molecular weight excluding hydrogens is 269 g/mol. The van der Waals surface area contributed by atoms with Crippen LogP contribution in [0.1, 0.15) is 12.5 Å². The number of aromatic nitrogens is 1. The Kier molecular flexibility index (Phi) is 5.38. The van der Waals surface area contributed by atoms with E-state index in [9.17, 15) is 4.79 Å². The van der Waals surface area contributed by atoms with Gasteiger partial charge < -0.3 is 5.11 Å². The van der Waals surface area contributed by atoms with Gasteiger partial charge >= 0.3 is 5.97 Å². The molecule has 16 heavy (non-hydrogen) atoms. The van der Waals surface area contributed by atoms with Crippen LogP contribution in [-0.2, 0) is 10.5 Å². The number of carbonyl (C=O) groups is 1. The minimum atomic E-state index is -0.784. The lowest BCUT2D eigenvalue weighted by Crippen LogP contribution is -2.11. The standard InChI is InChI=1S/C10H11Cl2NO2S/c1-6(10(14)15)4-16-5-7-2-3-8(11)13-9(7)12/h2-3,6H,4-5H2,1H3,(H,14,15). The maximum absolute atomic E-state index is 10.6. The number of thioether (sulfide) groups is 1. The molecule has 6 heteroatoms. The SMILES string of the molecule is CC(CSCc1ccc(Cl)nc1Cl)C(=O)O. The molecule has 0 aliphatic carbocycles. The average molecular weight is 280 g/mol. The highest BCUT2D eigenvalue weighted by atomic mass is 35.5. The van der Waals surface area contributed by atoms with E-state index in [1.165, 1.54) is 11.8 Å². The summed E-state index contributed by atoms with van der Waals surface area (Å²) < 4.78 is 0. The molecule has 88 valence electrons. The van der Waals surface area contributed by atoms with Crippen LogP contribution in [0.3, 0.4) is 0 Å². The second-order valence-electron chi connectivity index (χ2n) is 3.34. The fourth-order valence-electron chi connectivity index (χ4n) is 0.966. The van der Waals surface area contributed by atoms with E-state index in [1.54, 1.807) is 19.1 Å². The molecule has 0 aliphatic rings. The third-order valence-corrected chi connectivity index (χ3v) is 3.73. The van der Waals surface area contributed by atoms with Crippen molar-refractivity contribution in [3.8, 4) is 0 Å². The first-order valence-electron chi connectivity index (χ1n) is 4.62. The van der Waals surface area contributed by atoms with Crippen LogP contribution in [0.5, 0.6) is 0 Å². The molecule has 3 nitrogen and oxygen atoms in total. The second-order valence-corrected chi connectivity index (χ2v) is 5.11. The summed E-state index contributed by atoms with van der Waals surface area (Å²) in [5.74, 6) is 0.0476. The number of carboxylic acids is 1. The van der Waals surface area contributed by atoms with Gasteiger partial charge in [0.25, 0.3) is 0 Å². The van der Waals surface area contributed by atoms with Crippen molar-refractivity contribution in [2.24, 2.45) is 5.92 Å². The van der Waals surface area contributed by atoms with E-state index >= 15 is 0 Å². The van der Waals surface area contributed by atoms with Gasteiger partial charge in [-0.1, -0.05) is 36.2 Å². The van der Waals surface area contributed by atoms with Crippen LogP contribution in [0.15, 0.2) is 12.1 Å². The molecule has 0 fully saturated rings. The summed E-state index contributed by atoms with van der Waals surface area (Å²) in [5.41, 5.74) is 0.869. The van der Waals surface area contributed by atoms with Crippen molar-refractivity contribution in [1.82, 2.24) is 4.98 Å². The molecular formula is C10H11Cl2NO2S. The molecule has 1 aromatic heterocycles. The van der Waals surface area contributed by atoms with Crippen molar-refractivity contribution >= 4 is 40.9 Å². The van der Waals surface area contributed by atoms with Gasteiger partial charge in [-0.15, -0.1) is 0 Å². The highest BCUT2D eigenvalue weighted by Gasteiger charge is 2.11. The zero-order valence-corrected chi connectivity index (χ0v) is 10.9. The molecule has 1 heterocycles. The molecule has 0 amide bonds. The Bertz CT molecular complexity index is 387. The minimum absolute atomic E-state index is 0.357. The van der Waals surface area contributed by atoms with Crippen molar-refractivity contribution in [1.29, 1.82) is 0 Å². The normalized spacial score (nSPS) is 12.4.